The first-order valence-corrected chi connectivity index (χ1v) is 13.2. The van der Waals surface area contributed by atoms with Crippen LogP contribution in [-0.2, 0) is 16.0 Å². The number of H-pyrrole nitrogens is 1. The second-order valence-electron chi connectivity index (χ2n) is 9.81. The lowest BCUT2D eigenvalue weighted by Gasteiger charge is -2.38. The molecular weight excluding hydrogens is 532 g/mol. The fraction of sp³-hybridized carbons (Fsp3) is 0.200. The average Bonchev–Trinajstić information content (AvgIpc) is 3.43. The maximum Gasteiger partial charge on any atom is 0.356 e. The van der Waals surface area contributed by atoms with E-state index in [2.05, 4.69) is 10.3 Å². The molecule has 0 radical (unpaired) electrons. The Morgan fingerprint density at radius 3 is 2.45 bits per heavy atom. The van der Waals surface area contributed by atoms with Gasteiger partial charge in [-0.1, -0.05) is 48.0 Å². The first kappa shape index (κ1) is 25.8. The molecule has 0 fully saturated rings. The summed E-state index contributed by atoms with van der Waals surface area (Å²) >= 11 is 6.20. The number of carbonyl (C=O) groups excluding carboxylic acids is 4. The fourth-order valence-electron chi connectivity index (χ4n) is 5.60. The van der Waals surface area contributed by atoms with E-state index in [0.717, 1.165) is 11.1 Å². The van der Waals surface area contributed by atoms with Crippen LogP contribution in [0.15, 0.2) is 66.7 Å². The average molecular weight is 557 g/mol. The number of aromatic amines is 1. The van der Waals surface area contributed by atoms with Gasteiger partial charge in [0.05, 0.1) is 36.5 Å². The highest BCUT2D eigenvalue weighted by Crippen LogP contribution is 2.34. The first-order chi connectivity index (χ1) is 19.4. The number of nitrogens with one attached hydrogen (secondary N) is 2. The third-order valence-electron chi connectivity index (χ3n) is 7.52. The van der Waals surface area contributed by atoms with Gasteiger partial charge in [-0.05, 0) is 47.9 Å². The van der Waals surface area contributed by atoms with E-state index < -0.39 is 12.0 Å². The Kier molecular flexibility index (Phi) is 6.61. The minimum Gasteiger partial charge on any atom is -0.464 e. The molecule has 2 N–H and O–H groups in total. The Balaban J connectivity index is 1.29. The molecule has 2 aliphatic heterocycles. The molecule has 4 aromatic rings. The highest BCUT2D eigenvalue weighted by Gasteiger charge is 2.39. The van der Waals surface area contributed by atoms with Gasteiger partial charge in [0.25, 0.3) is 11.8 Å². The number of hydrogen-bond acceptors (Lipinski definition) is 6. The maximum atomic E-state index is 13.5. The number of rotatable bonds is 6. The summed E-state index contributed by atoms with van der Waals surface area (Å²) in [5.41, 5.74) is 3.86. The predicted molar refractivity (Wildman–Crippen MR) is 150 cm³/mol. The lowest BCUT2D eigenvalue weighted by atomic mass is 9.92. The number of hydrogen-bond donors (Lipinski definition) is 2. The third-order valence-corrected chi connectivity index (χ3v) is 7.75. The molecule has 1 aromatic heterocycles. The minimum absolute atomic E-state index is 0.0317. The molecule has 3 aromatic carbocycles. The molecule has 40 heavy (non-hydrogen) atoms. The van der Waals surface area contributed by atoms with Crippen LogP contribution in [0.2, 0.25) is 5.02 Å². The highest BCUT2D eigenvalue weighted by atomic mass is 35.5. The zero-order valence-corrected chi connectivity index (χ0v) is 22.3. The molecule has 9 nitrogen and oxygen atoms in total. The van der Waals surface area contributed by atoms with Crippen molar-refractivity contribution in [1.29, 1.82) is 0 Å². The van der Waals surface area contributed by atoms with Gasteiger partial charge < -0.3 is 15.0 Å². The molecule has 3 heterocycles. The lowest BCUT2D eigenvalue weighted by molar-refractivity contribution is -0.118. The van der Waals surface area contributed by atoms with Gasteiger partial charge in [-0.2, -0.15) is 0 Å². The van der Waals surface area contributed by atoms with Crippen LogP contribution >= 0.6 is 11.6 Å². The molecular formula is C30H25ClN4O5. The normalized spacial score (nSPS) is 16.6. The summed E-state index contributed by atoms with van der Waals surface area (Å²) < 4.78 is 4.91. The standard InChI is InChI=1S/C30H25ClN4O5/c1-40-30(39)27-26(22-14-18(31)10-11-23(22)32-27)33-25(36)16-34-13-12-17-6-2-3-7-19(17)24(34)15-35-28(37)20-8-4-5-9-21(20)29(35)38/h2-11,14,24,32H,12-13,15-16H2,1H3,(H,33,36)/t24-/m1/s1. The van der Waals surface area contributed by atoms with E-state index in [0.29, 0.717) is 40.0 Å². The molecule has 0 bridgehead atoms. The topological polar surface area (TPSA) is 112 Å². The third kappa shape index (κ3) is 4.43. The monoisotopic (exact) mass is 556 g/mol. The van der Waals surface area contributed by atoms with Crippen LogP contribution in [-0.4, -0.2) is 65.2 Å². The summed E-state index contributed by atoms with van der Waals surface area (Å²) in [4.78, 5) is 58.5. The molecule has 202 valence electrons. The van der Waals surface area contributed by atoms with Crippen molar-refractivity contribution in [2.75, 3.05) is 32.1 Å². The number of halogens is 1. The number of ether oxygens (including phenoxy) is 1. The molecule has 0 aliphatic carbocycles. The Hall–Kier alpha value is -4.47. The van der Waals surface area contributed by atoms with E-state index in [1.54, 1.807) is 42.5 Å². The van der Waals surface area contributed by atoms with Crippen LogP contribution in [0.5, 0.6) is 0 Å². The lowest BCUT2D eigenvalue weighted by Crippen LogP contribution is -2.46. The van der Waals surface area contributed by atoms with Crippen LogP contribution in [0, 0.1) is 0 Å². The second-order valence-corrected chi connectivity index (χ2v) is 10.2. The Bertz CT molecular complexity index is 1660. The molecule has 0 unspecified atom stereocenters. The first-order valence-electron chi connectivity index (χ1n) is 12.8. The van der Waals surface area contributed by atoms with Crippen molar-refractivity contribution in [2.45, 2.75) is 12.5 Å². The zero-order valence-electron chi connectivity index (χ0n) is 21.6. The number of imide groups is 1. The van der Waals surface area contributed by atoms with Gasteiger partial charge in [-0.3, -0.25) is 24.2 Å². The van der Waals surface area contributed by atoms with Crippen LogP contribution in [0.25, 0.3) is 10.9 Å². The van der Waals surface area contributed by atoms with Crippen molar-refractivity contribution < 1.29 is 23.9 Å². The quantitative estimate of drug-likeness (QED) is 0.268. The number of esters is 1. The van der Waals surface area contributed by atoms with Crippen molar-refractivity contribution in [3.8, 4) is 0 Å². The SMILES string of the molecule is COC(=O)c1[nH]c2ccc(Cl)cc2c1NC(=O)CN1CCc2ccccc2[C@H]1CN1C(=O)c2ccccc2C1=O. The summed E-state index contributed by atoms with van der Waals surface area (Å²) in [6, 6.07) is 19.3. The largest absolute Gasteiger partial charge is 0.464 e. The molecule has 2 aliphatic rings. The van der Waals surface area contributed by atoms with Gasteiger partial charge >= 0.3 is 5.97 Å². The van der Waals surface area contributed by atoms with Gasteiger partial charge in [0, 0.05) is 29.0 Å². The van der Waals surface area contributed by atoms with E-state index in [-0.39, 0.29) is 42.2 Å². The van der Waals surface area contributed by atoms with E-state index >= 15 is 0 Å². The van der Waals surface area contributed by atoms with Crippen molar-refractivity contribution in [3.63, 3.8) is 0 Å². The number of methoxy groups -OCH3 is 1. The van der Waals surface area contributed by atoms with Crippen molar-refractivity contribution >= 4 is 51.9 Å². The van der Waals surface area contributed by atoms with Crippen molar-refractivity contribution in [3.05, 3.63) is 99.7 Å². The maximum absolute atomic E-state index is 13.5. The molecule has 6 rings (SSSR count). The Morgan fingerprint density at radius 2 is 1.73 bits per heavy atom. The van der Waals surface area contributed by atoms with E-state index in [9.17, 15) is 19.2 Å². The van der Waals surface area contributed by atoms with Crippen LogP contribution in [0.3, 0.4) is 0 Å². The summed E-state index contributed by atoms with van der Waals surface area (Å²) in [7, 11) is 1.27. The number of aromatic nitrogens is 1. The summed E-state index contributed by atoms with van der Waals surface area (Å²) in [6.07, 6.45) is 0.707. The van der Waals surface area contributed by atoms with Gasteiger partial charge in [0.1, 0.15) is 5.69 Å². The smallest absolute Gasteiger partial charge is 0.356 e. The molecule has 1 atom stereocenters. The summed E-state index contributed by atoms with van der Waals surface area (Å²) in [5, 5.41) is 3.90. The highest BCUT2D eigenvalue weighted by molar-refractivity contribution is 6.31. The van der Waals surface area contributed by atoms with Crippen LogP contribution in [0.4, 0.5) is 5.69 Å². The molecule has 3 amide bonds. The van der Waals surface area contributed by atoms with Gasteiger partial charge in [0.15, 0.2) is 0 Å². The van der Waals surface area contributed by atoms with Crippen molar-refractivity contribution in [1.82, 2.24) is 14.8 Å². The van der Waals surface area contributed by atoms with Crippen LogP contribution < -0.4 is 5.32 Å². The van der Waals surface area contributed by atoms with Gasteiger partial charge in [-0.25, -0.2) is 4.79 Å². The molecule has 0 saturated carbocycles. The Morgan fingerprint density at radius 1 is 1.02 bits per heavy atom. The number of benzene rings is 3. The van der Waals surface area contributed by atoms with Crippen molar-refractivity contribution in [2.24, 2.45) is 0 Å². The Labute approximate surface area is 234 Å². The number of amides is 3. The fourth-order valence-corrected chi connectivity index (χ4v) is 5.77. The number of nitrogens with zero attached hydrogens (tertiary/aromatic N) is 2. The van der Waals surface area contributed by atoms with E-state index in [1.165, 1.54) is 12.0 Å². The summed E-state index contributed by atoms with van der Waals surface area (Å²) in [5.74, 6) is -1.67. The number of anilines is 1. The number of carbonyl (C=O) groups is 4. The van der Waals surface area contributed by atoms with E-state index in [4.69, 9.17) is 16.3 Å². The molecule has 0 saturated heterocycles. The zero-order chi connectivity index (χ0) is 28.0. The predicted octanol–water partition coefficient (Wildman–Crippen LogP) is 4.44. The second kappa shape index (κ2) is 10.3. The molecule has 10 heteroatoms. The molecule has 0 spiro atoms. The van der Waals surface area contributed by atoms with Gasteiger partial charge in [-0.15, -0.1) is 0 Å². The summed E-state index contributed by atoms with van der Waals surface area (Å²) in [6.45, 7) is 0.616. The van der Waals surface area contributed by atoms with E-state index in [1.807, 2.05) is 29.2 Å². The number of fused-ring (bicyclic) bond motifs is 3. The van der Waals surface area contributed by atoms with Crippen LogP contribution in [0.1, 0.15) is 48.4 Å². The van der Waals surface area contributed by atoms with Gasteiger partial charge in [0.2, 0.25) is 5.91 Å². The minimum atomic E-state index is -0.627.